The van der Waals surface area contributed by atoms with Gasteiger partial charge in [0, 0.05) is 11.1 Å². The van der Waals surface area contributed by atoms with E-state index < -0.39 is 17.8 Å². The van der Waals surface area contributed by atoms with Gasteiger partial charge in [0.05, 0.1) is 24.4 Å². The number of carbonyl (C=O) groups is 3. The van der Waals surface area contributed by atoms with E-state index in [9.17, 15) is 19.6 Å². The van der Waals surface area contributed by atoms with Crippen LogP contribution in [0.15, 0.2) is 89.0 Å². The third-order valence-corrected chi connectivity index (χ3v) is 5.82. The normalized spacial score (nSPS) is 14.7. The van der Waals surface area contributed by atoms with Gasteiger partial charge in [0.25, 0.3) is 11.8 Å². The van der Waals surface area contributed by atoms with E-state index in [1.54, 1.807) is 36.4 Å². The van der Waals surface area contributed by atoms with Gasteiger partial charge in [-0.2, -0.15) is 5.26 Å². The molecule has 8 nitrogen and oxygen atoms in total. The Balaban J connectivity index is 1.55. The standard InChI is InChI=1S/C28H19N3O5/c29-15-19-7-1-2-8-20(19)17-36-25-12-11-18-6-3-4-10-22(18)23(25)14-24-26(32)30-28(34)31(27(24)33)16-21-9-5-13-35-21/h1-14H,16-17H2,(H,30,32,34)/b24-14+. The van der Waals surface area contributed by atoms with Gasteiger partial charge in [-0.25, -0.2) is 4.79 Å². The Labute approximate surface area is 206 Å². The summed E-state index contributed by atoms with van der Waals surface area (Å²) in [6.07, 6.45) is 2.88. The molecule has 0 aliphatic carbocycles. The number of nitrogens with zero attached hydrogens (tertiary/aromatic N) is 2. The first-order chi connectivity index (χ1) is 17.5. The predicted molar refractivity (Wildman–Crippen MR) is 130 cm³/mol. The topological polar surface area (TPSA) is 113 Å². The molecule has 0 spiro atoms. The molecule has 0 saturated carbocycles. The van der Waals surface area contributed by atoms with Crippen LogP contribution in [0.1, 0.15) is 22.5 Å². The molecule has 1 saturated heterocycles. The number of carbonyl (C=O) groups excluding carboxylic acids is 3. The van der Waals surface area contributed by atoms with Gasteiger partial charge in [0.1, 0.15) is 23.7 Å². The van der Waals surface area contributed by atoms with Crippen LogP contribution in [0.4, 0.5) is 4.79 Å². The number of furan rings is 1. The van der Waals surface area contributed by atoms with E-state index in [1.165, 1.54) is 12.3 Å². The number of rotatable bonds is 6. The number of imide groups is 2. The van der Waals surface area contributed by atoms with Crippen molar-refractivity contribution in [1.29, 1.82) is 5.26 Å². The van der Waals surface area contributed by atoms with E-state index in [1.807, 2.05) is 36.4 Å². The van der Waals surface area contributed by atoms with E-state index in [0.29, 0.717) is 28.2 Å². The summed E-state index contributed by atoms with van der Waals surface area (Å²) in [4.78, 5) is 39.3. The fourth-order valence-corrected chi connectivity index (χ4v) is 4.00. The number of nitrogens with one attached hydrogen (secondary N) is 1. The molecule has 4 amide bonds. The Morgan fingerprint density at radius 3 is 2.58 bits per heavy atom. The summed E-state index contributed by atoms with van der Waals surface area (Å²) in [6.45, 7) is -0.00633. The maximum Gasteiger partial charge on any atom is 0.331 e. The Morgan fingerprint density at radius 2 is 1.78 bits per heavy atom. The van der Waals surface area contributed by atoms with Crippen LogP contribution in [0.5, 0.6) is 5.75 Å². The molecule has 8 heteroatoms. The molecule has 5 rings (SSSR count). The van der Waals surface area contributed by atoms with Crippen LogP contribution in [0, 0.1) is 11.3 Å². The highest BCUT2D eigenvalue weighted by molar-refractivity contribution is 6.31. The smallest absolute Gasteiger partial charge is 0.331 e. The van der Waals surface area contributed by atoms with Gasteiger partial charge in [-0.1, -0.05) is 48.5 Å². The van der Waals surface area contributed by atoms with Crippen LogP contribution >= 0.6 is 0 Å². The third-order valence-electron chi connectivity index (χ3n) is 5.82. The number of hydrogen-bond acceptors (Lipinski definition) is 6. The highest BCUT2D eigenvalue weighted by atomic mass is 16.5. The van der Waals surface area contributed by atoms with E-state index in [2.05, 4.69) is 11.4 Å². The van der Waals surface area contributed by atoms with Gasteiger partial charge in [-0.3, -0.25) is 19.8 Å². The number of nitriles is 1. The summed E-state index contributed by atoms with van der Waals surface area (Å²) < 4.78 is 11.3. The summed E-state index contributed by atoms with van der Waals surface area (Å²) in [6, 6.07) is 22.8. The van der Waals surface area contributed by atoms with Gasteiger partial charge in [-0.15, -0.1) is 0 Å². The monoisotopic (exact) mass is 477 g/mol. The molecule has 3 aromatic carbocycles. The first-order valence-electron chi connectivity index (χ1n) is 11.1. The Kier molecular flexibility index (Phi) is 6.03. The van der Waals surface area contributed by atoms with Crippen molar-refractivity contribution >= 4 is 34.7 Å². The Bertz CT molecular complexity index is 1560. The lowest BCUT2D eigenvalue weighted by Gasteiger charge is -2.25. The zero-order chi connectivity index (χ0) is 25.1. The minimum Gasteiger partial charge on any atom is -0.488 e. The number of urea groups is 1. The summed E-state index contributed by atoms with van der Waals surface area (Å²) in [5, 5.41) is 13.2. The lowest BCUT2D eigenvalue weighted by atomic mass is 9.99. The van der Waals surface area contributed by atoms with Crippen molar-refractivity contribution < 1.29 is 23.5 Å². The van der Waals surface area contributed by atoms with Crippen LogP contribution in [0.2, 0.25) is 0 Å². The minimum absolute atomic E-state index is 0.113. The number of benzene rings is 3. The fourth-order valence-electron chi connectivity index (χ4n) is 4.00. The summed E-state index contributed by atoms with van der Waals surface area (Å²) in [7, 11) is 0. The van der Waals surface area contributed by atoms with Crippen molar-refractivity contribution in [2.45, 2.75) is 13.2 Å². The van der Waals surface area contributed by atoms with Crippen molar-refractivity contribution in [1.82, 2.24) is 10.2 Å². The zero-order valence-corrected chi connectivity index (χ0v) is 18.9. The lowest BCUT2D eigenvalue weighted by molar-refractivity contribution is -0.130. The Hall–Kier alpha value is -5.16. The average Bonchev–Trinajstić information content (AvgIpc) is 3.41. The quantitative estimate of drug-likeness (QED) is 0.322. The molecule has 1 fully saturated rings. The van der Waals surface area contributed by atoms with Gasteiger partial charge in [-0.05, 0) is 41.1 Å². The van der Waals surface area contributed by atoms with Crippen molar-refractivity contribution in [2.24, 2.45) is 0 Å². The van der Waals surface area contributed by atoms with Gasteiger partial charge in [0.15, 0.2) is 0 Å². The molecule has 0 bridgehead atoms. The highest BCUT2D eigenvalue weighted by Crippen LogP contribution is 2.32. The summed E-state index contributed by atoms with van der Waals surface area (Å²) in [5.41, 5.74) is 1.49. The van der Waals surface area contributed by atoms with Crippen LogP contribution in [-0.4, -0.2) is 22.7 Å². The van der Waals surface area contributed by atoms with Crippen LogP contribution in [0.25, 0.3) is 16.8 Å². The number of amides is 4. The van der Waals surface area contributed by atoms with Crippen molar-refractivity contribution in [2.75, 3.05) is 0 Å². The number of hydrogen-bond donors (Lipinski definition) is 1. The first kappa shape index (κ1) is 22.6. The molecular weight excluding hydrogens is 458 g/mol. The zero-order valence-electron chi connectivity index (χ0n) is 18.9. The first-order valence-corrected chi connectivity index (χ1v) is 11.1. The number of barbiturate groups is 1. The van der Waals surface area contributed by atoms with Crippen molar-refractivity contribution in [3.63, 3.8) is 0 Å². The second-order valence-electron chi connectivity index (χ2n) is 8.04. The molecule has 4 aromatic rings. The molecule has 36 heavy (non-hydrogen) atoms. The molecule has 0 atom stereocenters. The summed E-state index contributed by atoms with van der Waals surface area (Å²) >= 11 is 0. The number of fused-ring (bicyclic) bond motifs is 1. The second-order valence-corrected chi connectivity index (χ2v) is 8.04. The molecular formula is C28H19N3O5. The summed E-state index contributed by atoms with van der Waals surface area (Å²) in [5.74, 6) is -0.718. The average molecular weight is 477 g/mol. The van der Waals surface area contributed by atoms with Crippen LogP contribution < -0.4 is 10.1 Å². The number of ether oxygens (including phenoxy) is 1. The lowest BCUT2D eigenvalue weighted by Crippen LogP contribution is -2.53. The largest absolute Gasteiger partial charge is 0.488 e. The van der Waals surface area contributed by atoms with E-state index in [0.717, 1.165) is 15.7 Å². The van der Waals surface area contributed by atoms with Crippen LogP contribution in [-0.2, 0) is 22.7 Å². The predicted octanol–water partition coefficient (Wildman–Crippen LogP) is 4.55. The van der Waals surface area contributed by atoms with E-state index in [-0.39, 0.29) is 18.7 Å². The molecule has 1 aliphatic heterocycles. The third kappa shape index (κ3) is 4.33. The molecule has 2 heterocycles. The highest BCUT2D eigenvalue weighted by Gasteiger charge is 2.36. The molecule has 0 unspecified atom stereocenters. The van der Waals surface area contributed by atoms with Gasteiger partial charge >= 0.3 is 6.03 Å². The van der Waals surface area contributed by atoms with E-state index in [4.69, 9.17) is 9.15 Å². The maximum atomic E-state index is 13.2. The van der Waals surface area contributed by atoms with Crippen LogP contribution in [0.3, 0.4) is 0 Å². The van der Waals surface area contributed by atoms with E-state index >= 15 is 0 Å². The van der Waals surface area contributed by atoms with Gasteiger partial charge in [0.2, 0.25) is 0 Å². The molecule has 1 aromatic heterocycles. The second kappa shape index (κ2) is 9.60. The van der Waals surface area contributed by atoms with Gasteiger partial charge < -0.3 is 9.15 Å². The Morgan fingerprint density at radius 1 is 0.972 bits per heavy atom. The molecule has 1 N–H and O–H groups in total. The van der Waals surface area contributed by atoms with Crippen molar-refractivity contribution in [3.8, 4) is 11.8 Å². The molecule has 1 aliphatic rings. The molecule has 0 radical (unpaired) electrons. The minimum atomic E-state index is -0.818. The SMILES string of the molecule is N#Cc1ccccc1COc1ccc2ccccc2c1/C=C1\C(=O)NC(=O)N(Cc2ccco2)C1=O. The molecule has 176 valence electrons. The fraction of sp³-hybridized carbons (Fsp3) is 0.0714. The van der Waals surface area contributed by atoms with Crippen molar-refractivity contribution in [3.05, 3.63) is 107 Å². The maximum absolute atomic E-state index is 13.2.